The van der Waals surface area contributed by atoms with Crippen molar-refractivity contribution >= 4 is 23.5 Å². The Bertz CT molecular complexity index is 609. The van der Waals surface area contributed by atoms with Crippen LogP contribution in [0, 0.1) is 0 Å². The van der Waals surface area contributed by atoms with E-state index in [1.54, 1.807) is 36.1 Å². The molecule has 0 saturated carbocycles. The summed E-state index contributed by atoms with van der Waals surface area (Å²) in [5.74, 6) is -0.964. The standard InChI is InChI=1S/C16H17NO5/c1-10-9-13(16(20)21-10)22-15(19)11-4-6-12(7-5-11)17-8-2-3-14(17)18/h4-7,10,13H,2-3,8-9H2,1H3/t10-,13+/m1/s1. The predicted molar refractivity (Wildman–Crippen MR) is 77.4 cm³/mol. The van der Waals surface area contributed by atoms with Gasteiger partial charge in [-0.05, 0) is 37.6 Å². The summed E-state index contributed by atoms with van der Waals surface area (Å²) < 4.78 is 10.1. The molecule has 0 aromatic heterocycles. The van der Waals surface area contributed by atoms with Gasteiger partial charge in [0.15, 0.2) is 0 Å². The molecule has 0 bridgehead atoms. The van der Waals surface area contributed by atoms with E-state index in [1.165, 1.54) is 0 Å². The second kappa shape index (κ2) is 5.79. The van der Waals surface area contributed by atoms with Gasteiger partial charge in [0, 0.05) is 25.1 Å². The minimum absolute atomic E-state index is 0.0954. The molecule has 0 aliphatic carbocycles. The lowest BCUT2D eigenvalue weighted by Crippen LogP contribution is -2.24. The van der Waals surface area contributed by atoms with Crippen LogP contribution in [0.25, 0.3) is 0 Å². The number of anilines is 1. The highest BCUT2D eigenvalue weighted by Crippen LogP contribution is 2.23. The van der Waals surface area contributed by atoms with Crippen molar-refractivity contribution < 1.29 is 23.9 Å². The summed E-state index contributed by atoms with van der Waals surface area (Å²) in [6.07, 6.45) is 0.734. The van der Waals surface area contributed by atoms with Crippen LogP contribution in [0.1, 0.15) is 36.5 Å². The van der Waals surface area contributed by atoms with E-state index in [-0.39, 0.29) is 12.0 Å². The Morgan fingerprint density at radius 1 is 1.27 bits per heavy atom. The number of ether oxygens (including phenoxy) is 2. The first kappa shape index (κ1) is 14.6. The summed E-state index contributed by atoms with van der Waals surface area (Å²) in [6.45, 7) is 2.46. The van der Waals surface area contributed by atoms with Gasteiger partial charge in [0.05, 0.1) is 5.56 Å². The van der Waals surface area contributed by atoms with Gasteiger partial charge in [-0.25, -0.2) is 9.59 Å². The van der Waals surface area contributed by atoms with Crippen molar-refractivity contribution in [2.24, 2.45) is 0 Å². The van der Waals surface area contributed by atoms with Crippen LogP contribution >= 0.6 is 0 Å². The van der Waals surface area contributed by atoms with E-state index in [9.17, 15) is 14.4 Å². The molecule has 6 nitrogen and oxygen atoms in total. The van der Waals surface area contributed by atoms with Crippen LogP contribution in [0.2, 0.25) is 0 Å². The van der Waals surface area contributed by atoms with E-state index in [4.69, 9.17) is 9.47 Å². The summed E-state index contributed by atoms with van der Waals surface area (Å²) in [5, 5.41) is 0. The summed E-state index contributed by atoms with van der Waals surface area (Å²) in [4.78, 5) is 36.9. The molecule has 2 fully saturated rings. The van der Waals surface area contributed by atoms with Gasteiger partial charge in [0.2, 0.25) is 12.0 Å². The van der Waals surface area contributed by atoms with Gasteiger partial charge in [-0.1, -0.05) is 0 Å². The fraction of sp³-hybridized carbons (Fsp3) is 0.438. The molecule has 2 saturated heterocycles. The molecule has 1 aromatic carbocycles. The van der Waals surface area contributed by atoms with Crippen LogP contribution in [-0.2, 0) is 19.1 Å². The number of esters is 2. The molecule has 2 aliphatic rings. The molecule has 2 aliphatic heterocycles. The number of nitrogens with zero attached hydrogens (tertiary/aromatic N) is 1. The summed E-state index contributed by atoms with van der Waals surface area (Å²) in [6, 6.07) is 6.64. The topological polar surface area (TPSA) is 72.9 Å². The molecule has 6 heteroatoms. The van der Waals surface area contributed by atoms with Gasteiger partial charge in [-0.2, -0.15) is 0 Å². The second-order valence-electron chi connectivity index (χ2n) is 5.57. The van der Waals surface area contributed by atoms with E-state index >= 15 is 0 Å². The Morgan fingerprint density at radius 2 is 2.00 bits per heavy atom. The highest BCUT2D eigenvalue weighted by molar-refractivity contribution is 5.96. The Balaban J connectivity index is 1.66. The van der Waals surface area contributed by atoms with E-state index in [0.717, 1.165) is 12.1 Å². The molecule has 0 spiro atoms. The Labute approximate surface area is 128 Å². The minimum Gasteiger partial charge on any atom is -0.460 e. The first-order valence-corrected chi connectivity index (χ1v) is 7.36. The zero-order chi connectivity index (χ0) is 15.7. The van der Waals surface area contributed by atoms with Gasteiger partial charge in [-0.3, -0.25) is 4.79 Å². The maximum absolute atomic E-state index is 12.0. The highest BCUT2D eigenvalue weighted by Gasteiger charge is 2.35. The highest BCUT2D eigenvalue weighted by atomic mass is 16.6. The number of benzene rings is 1. The molecule has 1 aromatic rings. The van der Waals surface area contributed by atoms with E-state index in [0.29, 0.717) is 24.9 Å². The van der Waals surface area contributed by atoms with Gasteiger partial charge >= 0.3 is 11.9 Å². The maximum Gasteiger partial charge on any atom is 0.347 e. The number of rotatable bonds is 3. The first-order chi connectivity index (χ1) is 10.5. The molecule has 2 heterocycles. The monoisotopic (exact) mass is 303 g/mol. The Kier molecular flexibility index (Phi) is 3.83. The third-order valence-electron chi connectivity index (χ3n) is 3.86. The van der Waals surface area contributed by atoms with Crippen molar-refractivity contribution in [2.45, 2.75) is 38.4 Å². The molecule has 0 radical (unpaired) electrons. The predicted octanol–water partition coefficient (Wildman–Crippen LogP) is 1.67. The van der Waals surface area contributed by atoms with E-state index in [1.807, 2.05) is 0 Å². The maximum atomic E-state index is 12.0. The first-order valence-electron chi connectivity index (χ1n) is 7.36. The lowest BCUT2D eigenvalue weighted by Gasteiger charge is -2.16. The number of amides is 1. The van der Waals surface area contributed by atoms with Crippen LogP contribution in [0.4, 0.5) is 5.69 Å². The lowest BCUT2D eigenvalue weighted by molar-refractivity contribution is -0.147. The smallest absolute Gasteiger partial charge is 0.347 e. The summed E-state index contributed by atoms with van der Waals surface area (Å²) >= 11 is 0. The second-order valence-corrected chi connectivity index (χ2v) is 5.57. The average Bonchev–Trinajstić information content (AvgIpc) is 3.05. The molecular formula is C16H17NO5. The fourth-order valence-electron chi connectivity index (χ4n) is 2.71. The van der Waals surface area contributed by atoms with E-state index in [2.05, 4.69) is 0 Å². The molecular weight excluding hydrogens is 286 g/mol. The molecule has 0 N–H and O–H groups in total. The van der Waals surface area contributed by atoms with Crippen molar-refractivity contribution in [1.29, 1.82) is 0 Å². The zero-order valence-electron chi connectivity index (χ0n) is 12.3. The summed E-state index contributed by atoms with van der Waals surface area (Å²) in [5.41, 5.74) is 1.12. The van der Waals surface area contributed by atoms with Crippen molar-refractivity contribution in [3.8, 4) is 0 Å². The average molecular weight is 303 g/mol. The van der Waals surface area contributed by atoms with Crippen molar-refractivity contribution in [3.05, 3.63) is 29.8 Å². The quantitative estimate of drug-likeness (QED) is 0.794. The molecule has 3 rings (SSSR count). The molecule has 22 heavy (non-hydrogen) atoms. The van der Waals surface area contributed by atoms with Crippen molar-refractivity contribution in [2.75, 3.05) is 11.4 Å². The zero-order valence-corrected chi connectivity index (χ0v) is 12.3. The van der Waals surface area contributed by atoms with Crippen LogP contribution in [-0.4, -0.2) is 36.6 Å². The van der Waals surface area contributed by atoms with Crippen LogP contribution < -0.4 is 4.90 Å². The van der Waals surface area contributed by atoms with Gasteiger partial charge < -0.3 is 14.4 Å². The molecule has 0 unspecified atom stereocenters. The summed E-state index contributed by atoms with van der Waals surface area (Å²) in [7, 11) is 0. The molecule has 2 atom stereocenters. The minimum atomic E-state index is -0.831. The SMILES string of the molecule is C[C@@H]1C[C@H](OC(=O)c2ccc(N3CCCC3=O)cc2)C(=O)O1. The largest absolute Gasteiger partial charge is 0.460 e. The van der Waals surface area contributed by atoms with Gasteiger partial charge in [-0.15, -0.1) is 0 Å². The third kappa shape index (κ3) is 2.81. The number of carbonyl (C=O) groups excluding carboxylic acids is 3. The molecule has 1 amide bonds. The number of carbonyl (C=O) groups is 3. The lowest BCUT2D eigenvalue weighted by atomic mass is 10.2. The third-order valence-corrected chi connectivity index (χ3v) is 3.86. The van der Waals surface area contributed by atoms with E-state index < -0.39 is 18.0 Å². The van der Waals surface area contributed by atoms with Crippen LogP contribution in [0.5, 0.6) is 0 Å². The Morgan fingerprint density at radius 3 is 2.55 bits per heavy atom. The molecule has 116 valence electrons. The number of hydrogen-bond donors (Lipinski definition) is 0. The van der Waals surface area contributed by atoms with Crippen LogP contribution in [0.3, 0.4) is 0 Å². The van der Waals surface area contributed by atoms with Gasteiger partial charge in [0.25, 0.3) is 0 Å². The number of hydrogen-bond acceptors (Lipinski definition) is 5. The fourth-order valence-corrected chi connectivity index (χ4v) is 2.71. The normalized spacial score (nSPS) is 24.5. The van der Waals surface area contributed by atoms with Gasteiger partial charge in [0.1, 0.15) is 6.10 Å². The van der Waals surface area contributed by atoms with Crippen molar-refractivity contribution in [3.63, 3.8) is 0 Å². The Hall–Kier alpha value is -2.37. The van der Waals surface area contributed by atoms with Crippen LogP contribution in [0.15, 0.2) is 24.3 Å². The number of cyclic esters (lactones) is 1. The van der Waals surface area contributed by atoms with Crippen molar-refractivity contribution in [1.82, 2.24) is 0 Å².